The number of carbonyl (C=O) groups is 2. The fourth-order valence-electron chi connectivity index (χ4n) is 4.37. The average Bonchev–Trinajstić information content (AvgIpc) is 2.74. The molecule has 1 aliphatic heterocycles. The molecular formula is C22H32N4O4. The second-order valence-electron chi connectivity index (χ2n) is 8.69. The topological polar surface area (TPSA) is 105 Å². The van der Waals surface area contributed by atoms with Gasteiger partial charge < -0.3 is 15.5 Å². The van der Waals surface area contributed by atoms with Gasteiger partial charge in [0.1, 0.15) is 5.69 Å². The van der Waals surface area contributed by atoms with Crippen LogP contribution in [0.1, 0.15) is 69.2 Å². The van der Waals surface area contributed by atoms with Crippen LogP contribution in [0.3, 0.4) is 0 Å². The molecular weight excluding hydrogens is 384 g/mol. The normalized spacial score (nSPS) is 18.3. The molecule has 0 aromatic heterocycles. The third kappa shape index (κ3) is 5.49. The number of amides is 2. The van der Waals surface area contributed by atoms with Gasteiger partial charge >= 0.3 is 0 Å². The number of nitro groups is 1. The molecule has 8 heteroatoms. The van der Waals surface area contributed by atoms with E-state index in [-0.39, 0.29) is 41.1 Å². The van der Waals surface area contributed by atoms with Crippen molar-refractivity contribution in [2.24, 2.45) is 5.92 Å². The lowest BCUT2D eigenvalue weighted by Gasteiger charge is -2.34. The molecule has 30 heavy (non-hydrogen) atoms. The van der Waals surface area contributed by atoms with E-state index >= 15 is 0 Å². The number of benzene rings is 1. The molecule has 0 spiro atoms. The Balaban J connectivity index is 1.62. The summed E-state index contributed by atoms with van der Waals surface area (Å²) in [6.07, 6.45) is 6.95. The first-order chi connectivity index (χ1) is 14.3. The van der Waals surface area contributed by atoms with Crippen LogP contribution >= 0.6 is 0 Å². The van der Waals surface area contributed by atoms with Crippen molar-refractivity contribution < 1.29 is 14.5 Å². The number of piperidine rings is 1. The summed E-state index contributed by atoms with van der Waals surface area (Å²) in [6.45, 7) is 4.96. The number of nitrogens with one attached hydrogen (secondary N) is 2. The molecule has 2 fully saturated rings. The maximum absolute atomic E-state index is 12.5. The first-order valence-electron chi connectivity index (χ1n) is 11.0. The van der Waals surface area contributed by atoms with Crippen LogP contribution in [-0.2, 0) is 4.79 Å². The van der Waals surface area contributed by atoms with Gasteiger partial charge in [-0.15, -0.1) is 0 Å². The van der Waals surface area contributed by atoms with E-state index in [9.17, 15) is 19.7 Å². The summed E-state index contributed by atoms with van der Waals surface area (Å²) in [6, 6.07) is 4.72. The lowest BCUT2D eigenvalue weighted by Crippen LogP contribution is -2.46. The molecule has 1 saturated carbocycles. The van der Waals surface area contributed by atoms with E-state index in [4.69, 9.17) is 0 Å². The summed E-state index contributed by atoms with van der Waals surface area (Å²) >= 11 is 0. The Morgan fingerprint density at radius 2 is 1.77 bits per heavy atom. The molecule has 0 radical (unpaired) electrons. The van der Waals surface area contributed by atoms with Crippen molar-refractivity contribution in [2.75, 3.05) is 18.0 Å². The standard InChI is InChI=1S/C22H32N4O4/c1-15(2)23-22(28)17-8-9-19(20(14-17)26(29)30)25-12-10-18(11-13-25)24-21(27)16-6-4-3-5-7-16/h8-9,14-16,18H,3-7,10-13H2,1-2H3,(H,23,28)(H,24,27). The molecule has 1 aromatic carbocycles. The molecule has 2 N–H and O–H groups in total. The van der Waals surface area contributed by atoms with E-state index in [1.165, 1.54) is 12.5 Å². The quantitative estimate of drug-likeness (QED) is 0.546. The zero-order valence-electron chi connectivity index (χ0n) is 17.9. The van der Waals surface area contributed by atoms with Crippen LogP contribution in [0, 0.1) is 16.0 Å². The zero-order chi connectivity index (χ0) is 21.7. The van der Waals surface area contributed by atoms with Gasteiger partial charge in [-0.3, -0.25) is 19.7 Å². The highest BCUT2D eigenvalue weighted by atomic mass is 16.6. The minimum atomic E-state index is -0.432. The molecule has 1 aromatic rings. The van der Waals surface area contributed by atoms with Crippen molar-refractivity contribution in [3.63, 3.8) is 0 Å². The van der Waals surface area contributed by atoms with Gasteiger partial charge in [-0.2, -0.15) is 0 Å². The van der Waals surface area contributed by atoms with Crippen LogP contribution in [-0.4, -0.2) is 41.9 Å². The van der Waals surface area contributed by atoms with E-state index in [0.29, 0.717) is 18.8 Å². The number of hydrogen-bond donors (Lipinski definition) is 2. The van der Waals surface area contributed by atoms with Gasteiger partial charge in [0.15, 0.2) is 0 Å². The number of rotatable bonds is 6. The highest BCUT2D eigenvalue weighted by Gasteiger charge is 2.28. The summed E-state index contributed by atoms with van der Waals surface area (Å²) < 4.78 is 0. The molecule has 8 nitrogen and oxygen atoms in total. The average molecular weight is 417 g/mol. The lowest BCUT2D eigenvalue weighted by atomic mass is 9.88. The van der Waals surface area contributed by atoms with Crippen LogP contribution in [0.5, 0.6) is 0 Å². The third-order valence-electron chi connectivity index (χ3n) is 6.01. The van der Waals surface area contributed by atoms with Crippen LogP contribution < -0.4 is 15.5 Å². The Labute approximate surface area is 177 Å². The van der Waals surface area contributed by atoms with E-state index in [0.717, 1.165) is 38.5 Å². The predicted molar refractivity (Wildman–Crippen MR) is 116 cm³/mol. The summed E-state index contributed by atoms with van der Waals surface area (Å²) in [4.78, 5) is 37.9. The molecule has 2 aliphatic rings. The van der Waals surface area contributed by atoms with Crippen molar-refractivity contribution in [1.29, 1.82) is 0 Å². The van der Waals surface area contributed by atoms with Crippen molar-refractivity contribution in [3.05, 3.63) is 33.9 Å². The van der Waals surface area contributed by atoms with Gasteiger partial charge in [-0.1, -0.05) is 19.3 Å². The summed E-state index contributed by atoms with van der Waals surface area (Å²) in [7, 11) is 0. The largest absolute Gasteiger partial charge is 0.366 e. The molecule has 1 saturated heterocycles. The third-order valence-corrected chi connectivity index (χ3v) is 6.01. The Bertz CT molecular complexity index is 781. The van der Waals surface area contributed by atoms with Crippen molar-refractivity contribution in [3.8, 4) is 0 Å². The summed E-state index contributed by atoms with van der Waals surface area (Å²) in [5.41, 5.74) is 0.753. The number of anilines is 1. The van der Waals surface area contributed by atoms with E-state index in [1.54, 1.807) is 12.1 Å². The molecule has 0 atom stereocenters. The predicted octanol–water partition coefficient (Wildman–Crippen LogP) is 3.40. The van der Waals surface area contributed by atoms with Crippen LogP contribution in [0.4, 0.5) is 11.4 Å². The van der Waals surface area contributed by atoms with Crippen LogP contribution in [0.2, 0.25) is 0 Å². The van der Waals surface area contributed by atoms with Gasteiger partial charge in [0.05, 0.1) is 4.92 Å². The zero-order valence-corrected chi connectivity index (χ0v) is 17.9. The molecule has 3 rings (SSSR count). The molecule has 2 amide bonds. The number of carbonyl (C=O) groups excluding carboxylic acids is 2. The summed E-state index contributed by atoms with van der Waals surface area (Å²) in [5, 5.41) is 17.6. The number of nitrogens with zero attached hydrogens (tertiary/aromatic N) is 2. The number of nitro benzene ring substituents is 1. The Morgan fingerprint density at radius 1 is 1.10 bits per heavy atom. The highest BCUT2D eigenvalue weighted by molar-refractivity contribution is 5.96. The minimum absolute atomic E-state index is 0.0425. The first kappa shape index (κ1) is 22.1. The van der Waals surface area contributed by atoms with Gasteiger partial charge in [-0.25, -0.2) is 0 Å². The van der Waals surface area contributed by atoms with E-state index < -0.39 is 4.92 Å². The Morgan fingerprint density at radius 3 is 2.37 bits per heavy atom. The lowest BCUT2D eigenvalue weighted by molar-refractivity contribution is -0.384. The van der Waals surface area contributed by atoms with Crippen LogP contribution in [0.25, 0.3) is 0 Å². The van der Waals surface area contributed by atoms with E-state index in [1.807, 2.05) is 18.7 Å². The Kier molecular flexibility index (Phi) is 7.29. The molecule has 1 heterocycles. The van der Waals surface area contributed by atoms with Crippen molar-refractivity contribution in [1.82, 2.24) is 10.6 Å². The van der Waals surface area contributed by atoms with Gasteiger partial charge in [0, 0.05) is 42.7 Å². The van der Waals surface area contributed by atoms with Gasteiger partial charge in [0.2, 0.25) is 5.91 Å². The molecule has 0 unspecified atom stereocenters. The van der Waals surface area contributed by atoms with Gasteiger partial charge in [-0.05, 0) is 51.7 Å². The first-order valence-corrected chi connectivity index (χ1v) is 11.0. The SMILES string of the molecule is CC(C)NC(=O)c1ccc(N2CCC(NC(=O)C3CCCCC3)CC2)c([N+](=O)[O-])c1. The van der Waals surface area contributed by atoms with Gasteiger partial charge in [0.25, 0.3) is 11.6 Å². The van der Waals surface area contributed by atoms with Crippen molar-refractivity contribution >= 4 is 23.2 Å². The second kappa shape index (κ2) is 9.91. The maximum atomic E-state index is 12.5. The highest BCUT2D eigenvalue weighted by Crippen LogP contribution is 2.32. The monoisotopic (exact) mass is 416 g/mol. The molecule has 0 bridgehead atoms. The van der Waals surface area contributed by atoms with Crippen LogP contribution in [0.15, 0.2) is 18.2 Å². The Hall–Kier alpha value is -2.64. The second-order valence-corrected chi connectivity index (χ2v) is 8.69. The molecule has 164 valence electrons. The molecule has 1 aliphatic carbocycles. The fourth-order valence-corrected chi connectivity index (χ4v) is 4.37. The number of hydrogen-bond acceptors (Lipinski definition) is 5. The maximum Gasteiger partial charge on any atom is 0.293 e. The minimum Gasteiger partial charge on any atom is -0.366 e. The fraction of sp³-hybridized carbons (Fsp3) is 0.636. The van der Waals surface area contributed by atoms with E-state index in [2.05, 4.69) is 10.6 Å². The smallest absolute Gasteiger partial charge is 0.293 e. The van der Waals surface area contributed by atoms with Crippen molar-refractivity contribution in [2.45, 2.75) is 70.9 Å². The summed E-state index contributed by atoms with van der Waals surface area (Å²) in [5.74, 6) is -0.00849.